The zero-order valence-corrected chi connectivity index (χ0v) is 17.5. The second kappa shape index (κ2) is 10.0. The Hall–Kier alpha value is -1.71. The van der Waals surface area contributed by atoms with E-state index in [1.165, 1.54) is 33.5 Å². The molecule has 148 valence electrons. The van der Waals surface area contributed by atoms with Crippen molar-refractivity contribution >= 4 is 0 Å². The van der Waals surface area contributed by atoms with Gasteiger partial charge in [0.25, 0.3) is 0 Å². The number of hydrogen-bond acceptors (Lipinski definition) is 3. The quantitative estimate of drug-likeness (QED) is 0.664. The van der Waals surface area contributed by atoms with Gasteiger partial charge in [-0.15, -0.1) is 0 Å². The van der Waals surface area contributed by atoms with Crippen LogP contribution in [0.1, 0.15) is 79.2 Å². The first-order valence-corrected chi connectivity index (χ1v) is 10.4. The largest absolute Gasteiger partial charge is 0.393 e. The van der Waals surface area contributed by atoms with Crippen LogP contribution in [-0.2, 0) is 19.3 Å². The SMILES string of the molecule is CC.CC[C@H](O)C[C@H](O)CCc1c(C)nc2c(c1C)Cc1ccccc1C2. The zero-order valence-electron chi connectivity index (χ0n) is 17.5. The van der Waals surface area contributed by atoms with Gasteiger partial charge in [-0.25, -0.2) is 0 Å². The normalized spacial score (nSPS) is 14.5. The fourth-order valence-electron chi connectivity index (χ4n) is 3.94. The van der Waals surface area contributed by atoms with Crippen molar-refractivity contribution in [3.63, 3.8) is 0 Å². The summed E-state index contributed by atoms with van der Waals surface area (Å²) in [5, 5.41) is 19.9. The van der Waals surface area contributed by atoms with Gasteiger partial charge in [0.15, 0.2) is 0 Å². The Morgan fingerprint density at radius 1 is 1.00 bits per heavy atom. The molecule has 3 rings (SSSR count). The fraction of sp³-hybridized carbons (Fsp3) is 0.542. The van der Waals surface area contributed by atoms with E-state index in [2.05, 4.69) is 38.1 Å². The van der Waals surface area contributed by atoms with E-state index in [0.717, 1.165) is 25.0 Å². The van der Waals surface area contributed by atoms with Crippen LogP contribution in [0, 0.1) is 13.8 Å². The van der Waals surface area contributed by atoms with Gasteiger partial charge in [-0.1, -0.05) is 45.0 Å². The van der Waals surface area contributed by atoms with Gasteiger partial charge >= 0.3 is 0 Å². The maximum atomic E-state index is 10.2. The van der Waals surface area contributed by atoms with Crippen LogP contribution in [0.3, 0.4) is 0 Å². The molecule has 27 heavy (non-hydrogen) atoms. The molecule has 1 aliphatic carbocycles. The molecule has 1 aliphatic rings. The van der Waals surface area contributed by atoms with Gasteiger partial charge in [0.2, 0.25) is 0 Å². The third-order valence-electron chi connectivity index (χ3n) is 5.58. The van der Waals surface area contributed by atoms with E-state index >= 15 is 0 Å². The van der Waals surface area contributed by atoms with Crippen molar-refractivity contribution in [1.29, 1.82) is 0 Å². The molecule has 0 saturated heterocycles. The van der Waals surface area contributed by atoms with E-state index in [1.54, 1.807) is 0 Å². The standard InChI is InChI=1S/C22H29NO2.C2H6/c1-4-18(24)13-19(25)9-10-20-14(2)21-11-16-7-5-6-8-17(16)12-22(21)23-15(20)3;1-2/h5-8,18-19,24-25H,4,9-13H2,1-3H3;1-2H3/t18-,19+;/m0./s1. The summed E-state index contributed by atoms with van der Waals surface area (Å²) < 4.78 is 0. The zero-order chi connectivity index (χ0) is 20.0. The van der Waals surface area contributed by atoms with E-state index in [0.29, 0.717) is 19.3 Å². The molecular weight excluding hydrogens is 334 g/mol. The topological polar surface area (TPSA) is 53.4 Å². The van der Waals surface area contributed by atoms with Crippen molar-refractivity contribution < 1.29 is 10.2 Å². The third-order valence-corrected chi connectivity index (χ3v) is 5.58. The highest BCUT2D eigenvalue weighted by molar-refractivity contribution is 5.49. The summed E-state index contributed by atoms with van der Waals surface area (Å²) in [5.74, 6) is 0. The molecule has 0 unspecified atom stereocenters. The number of pyridine rings is 1. The summed E-state index contributed by atoms with van der Waals surface area (Å²) in [4.78, 5) is 4.90. The van der Waals surface area contributed by atoms with Gasteiger partial charge < -0.3 is 10.2 Å². The predicted octanol–water partition coefficient (Wildman–Crippen LogP) is 4.67. The Labute approximate surface area is 164 Å². The first kappa shape index (κ1) is 21.6. The molecule has 0 saturated carbocycles. The minimum Gasteiger partial charge on any atom is -0.393 e. The second-order valence-electron chi connectivity index (χ2n) is 7.34. The van der Waals surface area contributed by atoms with Crippen LogP contribution in [0.4, 0.5) is 0 Å². The molecule has 0 spiro atoms. The fourth-order valence-corrected chi connectivity index (χ4v) is 3.94. The highest BCUT2D eigenvalue weighted by Crippen LogP contribution is 2.31. The summed E-state index contributed by atoms with van der Waals surface area (Å²) in [6, 6.07) is 8.63. The summed E-state index contributed by atoms with van der Waals surface area (Å²) in [6.07, 6.45) is 3.65. The summed E-state index contributed by atoms with van der Waals surface area (Å²) in [6.45, 7) is 10.2. The lowest BCUT2D eigenvalue weighted by Gasteiger charge is -2.24. The van der Waals surface area contributed by atoms with Crippen molar-refractivity contribution in [2.45, 2.75) is 85.4 Å². The number of aromatic nitrogens is 1. The molecule has 1 heterocycles. The second-order valence-corrected chi connectivity index (χ2v) is 7.34. The van der Waals surface area contributed by atoms with Gasteiger partial charge in [0.05, 0.1) is 12.2 Å². The van der Waals surface area contributed by atoms with Crippen LogP contribution < -0.4 is 0 Å². The van der Waals surface area contributed by atoms with Crippen molar-refractivity contribution in [3.05, 3.63) is 63.5 Å². The number of fused-ring (bicyclic) bond motifs is 2. The number of nitrogens with zero attached hydrogens (tertiary/aromatic N) is 1. The molecule has 1 aromatic heterocycles. The number of aliphatic hydroxyl groups excluding tert-OH is 2. The molecule has 0 bridgehead atoms. The molecule has 0 aliphatic heterocycles. The van der Waals surface area contributed by atoms with Crippen molar-refractivity contribution in [2.24, 2.45) is 0 Å². The molecule has 0 radical (unpaired) electrons. The van der Waals surface area contributed by atoms with Crippen molar-refractivity contribution in [3.8, 4) is 0 Å². The maximum absolute atomic E-state index is 10.2. The van der Waals surface area contributed by atoms with Crippen LogP contribution in [0.2, 0.25) is 0 Å². The first-order chi connectivity index (χ1) is 13.0. The van der Waals surface area contributed by atoms with Crippen molar-refractivity contribution in [2.75, 3.05) is 0 Å². The molecule has 1 aromatic carbocycles. The summed E-state index contributed by atoms with van der Waals surface area (Å²) in [5.41, 5.74) is 9.04. The van der Waals surface area contributed by atoms with E-state index in [4.69, 9.17) is 4.98 Å². The minimum atomic E-state index is -0.453. The van der Waals surface area contributed by atoms with Gasteiger partial charge in [0.1, 0.15) is 0 Å². The Morgan fingerprint density at radius 2 is 1.63 bits per heavy atom. The predicted molar refractivity (Wildman–Crippen MR) is 112 cm³/mol. The molecule has 0 amide bonds. The van der Waals surface area contributed by atoms with E-state index < -0.39 is 12.2 Å². The molecule has 2 atom stereocenters. The molecule has 2 aromatic rings. The average Bonchev–Trinajstić information content (AvgIpc) is 2.68. The summed E-state index contributed by atoms with van der Waals surface area (Å²) >= 11 is 0. The Morgan fingerprint density at radius 3 is 2.26 bits per heavy atom. The van der Waals surface area contributed by atoms with Crippen LogP contribution in [0.5, 0.6) is 0 Å². The molecule has 3 nitrogen and oxygen atoms in total. The van der Waals surface area contributed by atoms with Crippen LogP contribution in [0.25, 0.3) is 0 Å². The number of aryl methyl sites for hydroxylation is 1. The Bertz CT molecular complexity index is 754. The number of benzene rings is 1. The highest BCUT2D eigenvalue weighted by atomic mass is 16.3. The van der Waals surface area contributed by atoms with Gasteiger partial charge in [-0.3, -0.25) is 4.98 Å². The third kappa shape index (κ3) is 5.18. The van der Waals surface area contributed by atoms with Crippen molar-refractivity contribution in [1.82, 2.24) is 4.98 Å². The van der Waals surface area contributed by atoms with Crippen LogP contribution in [0.15, 0.2) is 24.3 Å². The molecule has 2 N–H and O–H groups in total. The Kier molecular flexibility index (Phi) is 8.00. The lowest BCUT2D eigenvalue weighted by Crippen LogP contribution is -2.19. The number of aliphatic hydroxyl groups is 2. The monoisotopic (exact) mass is 369 g/mol. The molecule has 0 fully saturated rings. The lowest BCUT2D eigenvalue weighted by molar-refractivity contribution is 0.0739. The lowest BCUT2D eigenvalue weighted by atomic mass is 9.84. The average molecular weight is 370 g/mol. The number of rotatable bonds is 6. The van der Waals surface area contributed by atoms with E-state index in [-0.39, 0.29) is 0 Å². The van der Waals surface area contributed by atoms with Crippen LogP contribution >= 0.6 is 0 Å². The van der Waals surface area contributed by atoms with Crippen LogP contribution in [-0.4, -0.2) is 27.4 Å². The smallest absolute Gasteiger partial charge is 0.0568 e. The molecule has 3 heteroatoms. The maximum Gasteiger partial charge on any atom is 0.0568 e. The highest BCUT2D eigenvalue weighted by Gasteiger charge is 2.21. The summed E-state index contributed by atoms with van der Waals surface area (Å²) in [7, 11) is 0. The number of hydrogen-bond donors (Lipinski definition) is 2. The van der Waals surface area contributed by atoms with E-state index in [1.807, 2.05) is 20.8 Å². The van der Waals surface area contributed by atoms with E-state index in [9.17, 15) is 10.2 Å². The first-order valence-electron chi connectivity index (χ1n) is 10.4. The Balaban J connectivity index is 0.00000126. The van der Waals surface area contributed by atoms with Gasteiger partial charge in [0, 0.05) is 17.8 Å². The van der Waals surface area contributed by atoms with Gasteiger partial charge in [-0.2, -0.15) is 0 Å². The minimum absolute atomic E-state index is 0.407. The molecular formula is C24H35NO2. The van der Waals surface area contributed by atoms with Gasteiger partial charge in [-0.05, 0) is 73.8 Å².